The number of aromatic nitrogens is 2. The first-order chi connectivity index (χ1) is 8.68. The van der Waals surface area contributed by atoms with Crippen molar-refractivity contribution in [2.45, 2.75) is 13.0 Å². The van der Waals surface area contributed by atoms with Crippen LogP contribution < -0.4 is 5.73 Å². The molecule has 5 heteroatoms. The molecule has 0 amide bonds. The highest BCUT2D eigenvalue weighted by Crippen LogP contribution is 2.18. The Morgan fingerprint density at radius 1 is 1.22 bits per heavy atom. The second-order valence-corrected chi connectivity index (χ2v) is 3.75. The van der Waals surface area contributed by atoms with Gasteiger partial charge in [-0.05, 0) is 12.5 Å². The Morgan fingerprint density at radius 3 is 2.56 bits per heavy atom. The molecule has 0 aliphatic carbocycles. The van der Waals surface area contributed by atoms with Crippen LogP contribution >= 0.6 is 0 Å². The van der Waals surface area contributed by atoms with Crippen molar-refractivity contribution in [3.05, 3.63) is 54.0 Å². The van der Waals surface area contributed by atoms with Gasteiger partial charge in [-0.15, -0.1) is 0 Å². The second-order valence-electron chi connectivity index (χ2n) is 3.75. The Bertz CT molecular complexity index is 543. The summed E-state index contributed by atoms with van der Waals surface area (Å²) in [4.78, 5) is 19.5. The standard InChI is InChI=1S/C13H13N3O2/c1-9(10-5-3-2-4-6-10)18-13(17)11-12(14)16-8-7-15-11/h2-9H,1H3,(H2,14,16). The number of nitrogen functional groups attached to an aromatic ring is 1. The van der Waals surface area contributed by atoms with E-state index in [2.05, 4.69) is 9.97 Å². The summed E-state index contributed by atoms with van der Waals surface area (Å²) in [5.74, 6) is -0.500. The normalized spacial score (nSPS) is 11.8. The summed E-state index contributed by atoms with van der Waals surface area (Å²) in [5, 5.41) is 0. The van der Waals surface area contributed by atoms with Crippen molar-refractivity contribution >= 4 is 11.8 Å². The number of hydrogen-bond donors (Lipinski definition) is 1. The lowest BCUT2D eigenvalue weighted by atomic mass is 10.1. The van der Waals surface area contributed by atoms with Gasteiger partial charge in [-0.2, -0.15) is 0 Å². The molecule has 2 rings (SSSR count). The zero-order valence-electron chi connectivity index (χ0n) is 9.91. The topological polar surface area (TPSA) is 78.1 Å². The fourth-order valence-corrected chi connectivity index (χ4v) is 1.51. The molecule has 5 nitrogen and oxygen atoms in total. The van der Waals surface area contributed by atoms with Gasteiger partial charge in [0.15, 0.2) is 11.5 Å². The van der Waals surface area contributed by atoms with Crippen LogP contribution in [0.25, 0.3) is 0 Å². The van der Waals surface area contributed by atoms with Crippen molar-refractivity contribution in [2.75, 3.05) is 5.73 Å². The summed E-state index contributed by atoms with van der Waals surface area (Å²) < 4.78 is 5.28. The van der Waals surface area contributed by atoms with E-state index >= 15 is 0 Å². The molecular formula is C13H13N3O2. The molecule has 1 aromatic carbocycles. The molecule has 1 atom stereocenters. The molecule has 0 saturated heterocycles. The number of ether oxygens (including phenoxy) is 1. The Kier molecular flexibility index (Phi) is 3.52. The van der Waals surface area contributed by atoms with E-state index in [1.165, 1.54) is 12.4 Å². The molecule has 0 aliphatic heterocycles. The van der Waals surface area contributed by atoms with Gasteiger partial charge in [-0.25, -0.2) is 14.8 Å². The van der Waals surface area contributed by atoms with E-state index in [-0.39, 0.29) is 17.6 Å². The van der Waals surface area contributed by atoms with E-state index < -0.39 is 5.97 Å². The number of esters is 1. The molecule has 1 heterocycles. The molecule has 0 bridgehead atoms. The van der Waals surface area contributed by atoms with Crippen LogP contribution in [0.1, 0.15) is 29.1 Å². The second kappa shape index (κ2) is 5.27. The fourth-order valence-electron chi connectivity index (χ4n) is 1.51. The summed E-state index contributed by atoms with van der Waals surface area (Å²) in [6.07, 6.45) is 2.47. The molecule has 2 aromatic rings. The lowest BCUT2D eigenvalue weighted by Crippen LogP contribution is -2.13. The smallest absolute Gasteiger partial charge is 0.361 e. The quantitative estimate of drug-likeness (QED) is 0.834. The predicted octanol–water partition coefficient (Wildman–Crippen LogP) is 1.98. The first-order valence-corrected chi connectivity index (χ1v) is 5.51. The maximum Gasteiger partial charge on any atom is 0.361 e. The maximum absolute atomic E-state index is 11.8. The van der Waals surface area contributed by atoms with Crippen LogP contribution in [0.5, 0.6) is 0 Å². The number of benzene rings is 1. The van der Waals surface area contributed by atoms with Crippen molar-refractivity contribution in [1.82, 2.24) is 9.97 Å². The number of rotatable bonds is 3. The molecule has 0 spiro atoms. The molecular weight excluding hydrogens is 230 g/mol. The SMILES string of the molecule is CC(OC(=O)c1nccnc1N)c1ccccc1. The highest BCUT2D eigenvalue weighted by molar-refractivity contribution is 5.91. The summed E-state index contributed by atoms with van der Waals surface area (Å²) in [7, 11) is 0. The van der Waals surface area contributed by atoms with Gasteiger partial charge in [0.05, 0.1) is 0 Å². The van der Waals surface area contributed by atoms with Crippen molar-refractivity contribution < 1.29 is 9.53 Å². The zero-order valence-corrected chi connectivity index (χ0v) is 9.91. The number of anilines is 1. The molecule has 1 aromatic heterocycles. The first-order valence-electron chi connectivity index (χ1n) is 5.51. The molecule has 0 radical (unpaired) electrons. The fraction of sp³-hybridized carbons (Fsp3) is 0.154. The van der Waals surface area contributed by atoms with E-state index in [0.29, 0.717) is 0 Å². The van der Waals surface area contributed by atoms with Gasteiger partial charge in [0, 0.05) is 12.4 Å². The number of carbonyl (C=O) groups excluding carboxylic acids is 1. The highest BCUT2D eigenvalue weighted by atomic mass is 16.5. The number of hydrogen-bond acceptors (Lipinski definition) is 5. The number of nitrogens with zero attached hydrogens (tertiary/aromatic N) is 2. The molecule has 1 unspecified atom stereocenters. The van der Waals surface area contributed by atoms with Gasteiger partial charge in [0.2, 0.25) is 0 Å². The minimum Gasteiger partial charge on any atom is -0.453 e. The van der Waals surface area contributed by atoms with E-state index in [9.17, 15) is 4.79 Å². The number of carbonyl (C=O) groups is 1. The van der Waals surface area contributed by atoms with Crippen LogP contribution in [0.2, 0.25) is 0 Å². The molecule has 0 aliphatic rings. The third-order valence-corrected chi connectivity index (χ3v) is 2.47. The maximum atomic E-state index is 11.8. The van der Waals surface area contributed by atoms with Crippen molar-refractivity contribution in [3.63, 3.8) is 0 Å². The number of nitrogens with two attached hydrogens (primary N) is 1. The Hall–Kier alpha value is -2.43. The summed E-state index contributed by atoms with van der Waals surface area (Å²) in [6.45, 7) is 1.79. The van der Waals surface area contributed by atoms with Crippen molar-refractivity contribution in [3.8, 4) is 0 Å². The monoisotopic (exact) mass is 243 g/mol. The predicted molar refractivity (Wildman–Crippen MR) is 66.7 cm³/mol. The van der Waals surface area contributed by atoms with Crippen LogP contribution in [0.15, 0.2) is 42.7 Å². The van der Waals surface area contributed by atoms with Crippen LogP contribution in [0, 0.1) is 0 Å². The van der Waals surface area contributed by atoms with Crippen LogP contribution in [-0.4, -0.2) is 15.9 Å². The Balaban J connectivity index is 2.11. The van der Waals surface area contributed by atoms with Gasteiger partial charge in [0.1, 0.15) is 6.10 Å². The summed E-state index contributed by atoms with van der Waals surface area (Å²) in [6, 6.07) is 9.45. The lowest BCUT2D eigenvalue weighted by molar-refractivity contribution is 0.0332. The van der Waals surface area contributed by atoms with Crippen LogP contribution in [-0.2, 0) is 4.74 Å². The minimum absolute atomic E-state index is 0.0419. The third kappa shape index (κ3) is 2.63. The molecule has 0 fully saturated rings. The van der Waals surface area contributed by atoms with Gasteiger partial charge in [0.25, 0.3) is 0 Å². The van der Waals surface area contributed by atoms with Gasteiger partial charge >= 0.3 is 5.97 Å². The first kappa shape index (κ1) is 12.0. The average molecular weight is 243 g/mol. The van der Waals surface area contributed by atoms with E-state index in [1.54, 1.807) is 6.92 Å². The molecule has 18 heavy (non-hydrogen) atoms. The molecule has 92 valence electrons. The van der Waals surface area contributed by atoms with Gasteiger partial charge in [-0.1, -0.05) is 30.3 Å². The van der Waals surface area contributed by atoms with E-state index in [0.717, 1.165) is 5.56 Å². The largest absolute Gasteiger partial charge is 0.453 e. The Labute approximate surface area is 105 Å². The summed E-state index contributed by atoms with van der Waals surface area (Å²) >= 11 is 0. The lowest BCUT2D eigenvalue weighted by Gasteiger charge is -2.13. The molecule has 2 N–H and O–H groups in total. The van der Waals surface area contributed by atoms with Crippen molar-refractivity contribution in [1.29, 1.82) is 0 Å². The summed E-state index contributed by atoms with van der Waals surface area (Å²) in [5.41, 5.74) is 6.51. The van der Waals surface area contributed by atoms with Gasteiger partial charge < -0.3 is 10.5 Å². The third-order valence-electron chi connectivity index (χ3n) is 2.47. The Morgan fingerprint density at radius 2 is 1.89 bits per heavy atom. The van der Waals surface area contributed by atoms with E-state index in [1.807, 2.05) is 30.3 Å². The average Bonchev–Trinajstić information content (AvgIpc) is 2.40. The van der Waals surface area contributed by atoms with Gasteiger partial charge in [-0.3, -0.25) is 0 Å². The van der Waals surface area contributed by atoms with Crippen LogP contribution in [0.4, 0.5) is 5.82 Å². The van der Waals surface area contributed by atoms with E-state index in [4.69, 9.17) is 10.5 Å². The van der Waals surface area contributed by atoms with Crippen molar-refractivity contribution in [2.24, 2.45) is 0 Å². The zero-order chi connectivity index (χ0) is 13.0. The molecule has 0 saturated carbocycles. The highest BCUT2D eigenvalue weighted by Gasteiger charge is 2.17. The minimum atomic E-state index is -0.572. The van der Waals surface area contributed by atoms with Crippen LogP contribution in [0.3, 0.4) is 0 Å².